The fourth-order valence-corrected chi connectivity index (χ4v) is 7.22. The van der Waals surface area contributed by atoms with E-state index in [2.05, 4.69) is 27.2 Å². The number of halogens is 2. The van der Waals surface area contributed by atoms with Gasteiger partial charge in [0.25, 0.3) is 0 Å². The van der Waals surface area contributed by atoms with Gasteiger partial charge in [-0.1, -0.05) is 31.2 Å². The predicted octanol–water partition coefficient (Wildman–Crippen LogP) is 5.20. The molecule has 2 N–H and O–H groups in total. The van der Waals surface area contributed by atoms with Gasteiger partial charge in [-0.3, -0.25) is 4.79 Å². The van der Waals surface area contributed by atoms with Gasteiger partial charge < -0.3 is 15.4 Å². The molecule has 1 amide bonds. The van der Waals surface area contributed by atoms with Crippen molar-refractivity contribution in [3.05, 3.63) is 95.8 Å². The minimum Gasteiger partial charge on any atom is -0.461 e. The number of rotatable bonds is 14. The second-order valence-electron chi connectivity index (χ2n) is 11.4. The van der Waals surface area contributed by atoms with Crippen LogP contribution >= 0.6 is 0 Å². The van der Waals surface area contributed by atoms with Gasteiger partial charge in [-0.25, -0.2) is 27.2 Å². The molecule has 0 saturated carbocycles. The Bertz CT molecular complexity index is 1550. The van der Waals surface area contributed by atoms with Gasteiger partial charge in [0, 0.05) is 61.2 Å². The monoisotopic (exact) mass is 641 g/mol. The van der Waals surface area contributed by atoms with Crippen molar-refractivity contribution in [2.45, 2.75) is 70.6 Å². The van der Waals surface area contributed by atoms with Crippen LogP contribution in [0.25, 0.3) is 0 Å². The molecular formula is C33H41F2N5O4S. The van der Waals surface area contributed by atoms with Crippen LogP contribution in [0.3, 0.4) is 0 Å². The highest BCUT2D eigenvalue weighted by Gasteiger charge is 2.34. The molecule has 1 aromatic heterocycles. The number of carbonyl (C=O) groups excluding carboxylic acids is 1. The maximum atomic E-state index is 15.2. The van der Waals surface area contributed by atoms with Crippen LogP contribution in [0.5, 0.6) is 6.01 Å². The fourth-order valence-electron chi connectivity index (χ4n) is 5.45. The molecule has 0 radical (unpaired) electrons. The summed E-state index contributed by atoms with van der Waals surface area (Å²) in [6, 6.07) is 9.97. The second kappa shape index (κ2) is 15.5. The highest BCUT2D eigenvalue weighted by atomic mass is 32.2. The lowest BCUT2D eigenvalue weighted by Crippen LogP contribution is -2.58. The standard InChI is InChI=1S/C33H41F2N5O4S/c1-5-16-45(42,43)40-21-26(6-2)36-20-27(40)14-15-28-30(35)8-7-9-31(28)39-32(41)17-29(23-10-12-25(34)13-11-23)24-18-37-33(38-19-24)44-22(3)4/h6-13,18-19,22,26-27,29,36H,2,5,14-17,20-21H2,1,3-4H3,(H,39,41)/t26?,27?,29-/m0/s1. The summed E-state index contributed by atoms with van der Waals surface area (Å²) in [4.78, 5) is 22.0. The first kappa shape index (κ1) is 34.1. The molecule has 4 rings (SSSR count). The van der Waals surface area contributed by atoms with E-state index in [9.17, 15) is 17.6 Å². The molecule has 12 heteroatoms. The Balaban J connectivity index is 1.53. The summed E-state index contributed by atoms with van der Waals surface area (Å²) in [7, 11) is -3.51. The van der Waals surface area contributed by atoms with E-state index in [0.29, 0.717) is 41.8 Å². The van der Waals surface area contributed by atoms with Gasteiger partial charge in [0.15, 0.2) is 0 Å². The largest absolute Gasteiger partial charge is 0.461 e. The zero-order chi connectivity index (χ0) is 32.6. The van der Waals surface area contributed by atoms with Crippen LogP contribution in [0.4, 0.5) is 14.5 Å². The quantitative estimate of drug-likeness (QED) is 0.233. The summed E-state index contributed by atoms with van der Waals surface area (Å²) in [5, 5.41) is 6.16. The van der Waals surface area contributed by atoms with E-state index in [1.165, 1.54) is 28.6 Å². The topological polar surface area (TPSA) is 114 Å². The van der Waals surface area contributed by atoms with E-state index < -0.39 is 27.6 Å². The number of aromatic nitrogens is 2. The number of carbonyl (C=O) groups is 1. The number of sulfonamides is 1. The average Bonchev–Trinajstić information content (AvgIpc) is 3.00. The van der Waals surface area contributed by atoms with E-state index >= 15 is 4.39 Å². The zero-order valence-corrected chi connectivity index (χ0v) is 26.7. The second-order valence-corrected chi connectivity index (χ2v) is 13.5. The first-order chi connectivity index (χ1) is 21.5. The Morgan fingerprint density at radius 2 is 1.87 bits per heavy atom. The molecule has 1 fully saturated rings. The summed E-state index contributed by atoms with van der Waals surface area (Å²) in [6.07, 6.45) is 5.73. The van der Waals surface area contributed by atoms with Crippen LogP contribution in [-0.2, 0) is 21.2 Å². The summed E-state index contributed by atoms with van der Waals surface area (Å²) >= 11 is 0. The van der Waals surface area contributed by atoms with Gasteiger partial charge in [0.05, 0.1) is 11.9 Å². The van der Waals surface area contributed by atoms with Crippen LogP contribution in [-0.4, -0.2) is 65.6 Å². The third-order valence-corrected chi connectivity index (χ3v) is 9.76. The Kier molecular flexibility index (Phi) is 11.8. The van der Waals surface area contributed by atoms with Gasteiger partial charge in [-0.15, -0.1) is 6.58 Å². The molecule has 0 aliphatic carbocycles. The molecule has 45 heavy (non-hydrogen) atoms. The first-order valence-corrected chi connectivity index (χ1v) is 16.8. The van der Waals surface area contributed by atoms with Gasteiger partial charge in [0.1, 0.15) is 11.6 Å². The highest BCUT2D eigenvalue weighted by Crippen LogP contribution is 2.30. The van der Waals surface area contributed by atoms with Crippen LogP contribution in [0.1, 0.15) is 62.6 Å². The fraction of sp³-hybridized carbons (Fsp3) is 0.424. The van der Waals surface area contributed by atoms with Crippen molar-refractivity contribution < 1.29 is 26.7 Å². The molecule has 2 heterocycles. The number of piperazine rings is 1. The lowest BCUT2D eigenvalue weighted by Gasteiger charge is -2.38. The maximum absolute atomic E-state index is 15.2. The minimum atomic E-state index is -3.51. The van der Waals surface area contributed by atoms with Crippen molar-refractivity contribution in [1.29, 1.82) is 0 Å². The van der Waals surface area contributed by atoms with Gasteiger partial charge in [0.2, 0.25) is 15.9 Å². The smallest absolute Gasteiger partial charge is 0.316 e. The van der Waals surface area contributed by atoms with Crippen molar-refractivity contribution in [1.82, 2.24) is 19.6 Å². The van der Waals surface area contributed by atoms with Gasteiger partial charge >= 0.3 is 6.01 Å². The lowest BCUT2D eigenvalue weighted by molar-refractivity contribution is -0.116. The minimum absolute atomic E-state index is 0.0299. The molecule has 9 nitrogen and oxygen atoms in total. The number of amides is 1. The molecule has 2 aromatic carbocycles. The lowest BCUT2D eigenvalue weighted by atomic mass is 9.90. The number of ether oxygens (including phenoxy) is 1. The number of hydrogen-bond acceptors (Lipinski definition) is 7. The van der Waals surface area contributed by atoms with Crippen molar-refractivity contribution in [3.63, 3.8) is 0 Å². The van der Waals surface area contributed by atoms with Crippen LogP contribution in [0.2, 0.25) is 0 Å². The Hall–Kier alpha value is -3.74. The maximum Gasteiger partial charge on any atom is 0.316 e. The van der Waals surface area contributed by atoms with E-state index in [1.54, 1.807) is 36.7 Å². The zero-order valence-electron chi connectivity index (χ0n) is 25.9. The predicted molar refractivity (Wildman–Crippen MR) is 171 cm³/mol. The van der Waals surface area contributed by atoms with Gasteiger partial charge in [-0.2, -0.15) is 4.31 Å². The molecule has 1 aliphatic heterocycles. The Morgan fingerprint density at radius 1 is 1.16 bits per heavy atom. The normalized spacial score (nSPS) is 18.0. The summed E-state index contributed by atoms with van der Waals surface area (Å²) in [6.45, 7) is 9.99. The van der Waals surface area contributed by atoms with Crippen molar-refractivity contribution in [2.24, 2.45) is 0 Å². The molecule has 1 saturated heterocycles. The van der Waals surface area contributed by atoms with E-state index in [-0.39, 0.29) is 55.2 Å². The number of nitrogens with zero attached hydrogens (tertiary/aromatic N) is 3. The Morgan fingerprint density at radius 3 is 2.51 bits per heavy atom. The average molecular weight is 642 g/mol. The van der Waals surface area contributed by atoms with Crippen LogP contribution in [0, 0.1) is 11.6 Å². The molecule has 242 valence electrons. The Labute approximate surface area is 264 Å². The van der Waals surface area contributed by atoms with E-state index in [0.717, 1.165) is 0 Å². The number of nitrogens with one attached hydrogen (secondary N) is 2. The van der Waals surface area contributed by atoms with Crippen LogP contribution in [0.15, 0.2) is 67.5 Å². The molecule has 0 bridgehead atoms. The van der Waals surface area contributed by atoms with Crippen LogP contribution < -0.4 is 15.4 Å². The number of anilines is 1. The summed E-state index contributed by atoms with van der Waals surface area (Å²) in [5.74, 6) is -1.77. The summed E-state index contributed by atoms with van der Waals surface area (Å²) in [5.41, 5.74) is 1.92. The third-order valence-electron chi connectivity index (χ3n) is 7.68. The molecule has 3 aromatic rings. The van der Waals surface area contributed by atoms with E-state index in [4.69, 9.17) is 4.74 Å². The van der Waals surface area contributed by atoms with Gasteiger partial charge in [-0.05, 0) is 68.5 Å². The van der Waals surface area contributed by atoms with Crippen molar-refractivity contribution in [2.75, 3.05) is 24.2 Å². The molecule has 3 atom stereocenters. The number of hydrogen-bond donors (Lipinski definition) is 2. The number of benzene rings is 2. The third kappa shape index (κ3) is 9.15. The molecule has 0 spiro atoms. The van der Waals surface area contributed by atoms with Crippen molar-refractivity contribution >= 4 is 21.6 Å². The first-order valence-electron chi connectivity index (χ1n) is 15.2. The molecule has 2 unspecified atom stereocenters. The SMILES string of the molecule is C=CC1CN(S(=O)(=O)CCC)C(CCc2c(F)cccc2NC(=O)C[C@@H](c2ccc(F)cc2)c2cnc(OC(C)C)nc2)CN1. The van der Waals surface area contributed by atoms with E-state index in [1.807, 2.05) is 20.8 Å². The molecular weight excluding hydrogens is 600 g/mol. The van der Waals surface area contributed by atoms with Crippen molar-refractivity contribution in [3.8, 4) is 6.01 Å². The molecule has 1 aliphatic rings. The summed E-state index contributed by atoms with van der Waals surface area (Å²) < 4.78 is 62.1. The highest BCUT2D eigenvalue weighted by molar-refractivity contribution is 7.89.